The molecule has 1 aromatic rings. The van der Waals surface area contributed by atoms with E-state index in [-0.39, 0.29) is 6.04 Å². The van der Waals surface area contributed by atoms with Crippen LogP contribution in [0.1, 0.15) is 25.0 Å². The van der Waals surface area contributed by atoms with Gasteiger partial charge in [0.25, 0.3) is 0 Å². The SMILES string of the molecule is Cn1cc(C(F)(F)F)nc1N1CCCCC1CCl. The monoisotopic (exact) mass is 281 g/mol. The lowest BCUT2D eigenvalue weighted by molar-refractivity contribution is -0.140. The van der Waals surface area contributed by atoms with Crippen molar-refractivity contribution in [3.05, 3.63) is 11.9 Å². The lowest BCUT2D eigenvalue weighted by atomic mass is 10.0. The third-order valence-electron chi connectivity index (χ3n) is 3.20. The molecule has 2 rings (SSSR count). The smallest absolute Gasteiger partial charge is 0.338 e. The lowest BCUT2D eigenvalue weighted by Crippen LogP contribution is -2.42. The molecule has 0 aliphatic carbocycles. The van der Waals surface area contributed by atoms with Crippen molar-refractivity contribution in [3.8, 4) is 0 Å². The third kappa shape index (κ3) is 2.58. The molecule has 0 saturated carbocycles. The number of anilines is 1. The van der Waals surface area contributed by atoms with Gasteiger partial charge in [-0.25, -0.2) is 4.98 Å². The van der Waals surface area contributed by atoms with Gasteiger partial charge in [-0.05, 0) is 19.3 Å². The molecule has 102 valence electrons. The van der Waals surface area contributed by atoms with Crippen LogP contribution in [0.4, 0.5) is 19.1 Å². The summed E-state index contributed by atoms with van der Waals surface area (Å²) in [5.41, 5.74) is -0.848. The van der Waals surface area contributed by atoms with Gasteiger partial charge in [-0.1, -0.05) is 0 Å². The minimum absolute atomic E-state index is 0.0719. The maximum Gasteiger partial charge on any atom is 0.434 e. The summed E-state index contributed by atoms with van der Waals surface area (Å²) in [4.78, 5) is 5.59. The fourth-order valence-electron chi connectivity index (χ4n) is 2.28. The number of piperidine rings is 1. The minimum atomic E-state index is -4.40. The molecule has 1 aromatic heterocycles. The maximum atomic E-state index is 12.6. The molecule has 1 unspecified atom stereocenters. The average Bonchev–Trinajstić information content (AvgIpc) is 2.71. The first-order chi connectivity index (χ1) is 8.43. The topological polar surface area (TPSA) is 21.1 Å². The molecule has 1 saturated heterocycles. The van der Waals surface area contributed by atoms with E-state index in [4.69, 9.17) is 11.6 Å². The standard InChI is InChI=1S/C11H15ClF3N3/c1-17-7-9(11(13,14)15)16-10(17)18-5-3-2-4-8(18)6-12/h7-8H,2-6H2,1H3. The summed E-state index contributed by atoms with van der Waals surface area (Å²) in [5, 5.41) is 0. The molecule has 7 heteroatoms. The van der Waals surface area contributed by atoms with Crippen LogP contribution in [0.3, 0.4) is 0 Å². The van der Waals surface area contributed by atoms with Gasteiger partial charge < -0.3 is 9.47 Å². The van der Waals surface area contributed by atoms with Crippen LogP contribution in [0, 0.1) is 0 Å². The van der Waals surface area contributed by atoms with Gasteiger partial charge in [0.1, 0.15) is 0 Å². The van der Waals surface area contributed by atoms with E-state index < -0.39 is 11.9 Å². The van der Waals surface area contributed by atoms with Gasteiger partial charge in [0, 0.05) is 31.7 Å². The highest BCUT2D eigenvalue weighted by molar-refractivity contribution is 6.18. The van der Waals surface area contributed by atoms with Crippen molar-refractivity contribution in [3.63, 3.8) is 0 Å². The molecular weight excluding hydrogens is 267 g/mol. The highest BCUT2D eigenvalue weighted by Crippen LogP contribution is 2.31. The molecule has 2 heterocycles. The molecule has 0 spiro atoms. The zero-order valence-electron chi connectivity index (χ0n) is 10.0. The van der Waals surface area contributed by atoms with E-state index in [0.717, 1.165) is 25.5 Å². The van der Waals surface area contributed by atoms with Crippen molar-refractivity contribution >= 4 is 17.5 Å². The van der Waals surface area contributed by atoms with Gasteiger partial charge in [0.05, 0.1) is 0 Å². The molecule has 0 N–H and O–H groups in total. The fraction of sp³-hybridized carbons (Fsp3) is 0.727. The van der Waals surface area contributed by atoms with Crippen molar-refractivity contribution in [2.75, 3.05) is 17.3 Å². The van der Waals surface area contributed by atoms with Crippen molar-refractivity contribution in [1.29, 1.82) is 0 Å². The summed E-state index contributed by atoms with van der Waals surface area (Å²) in [6, 6.07) is 0.0719. The summed E-state index contributed by atoms with van der Waals surface area (Å²) >= 11 is 5.87. The molecule has 1 atom stereocenters. The number of aryl methyl sites for hydroxylation is 1. The van der Waals surface area contributed by atoms with Crippen molar-refractivity contribution < 1.29 is 13.2 Å². The fourth-order valence-corrected chi connectivity index (χ4v) is 2.61. The summed E-state index contributed by atoms with van der Waals surface area (Å²) in [7, 11) is 1.58. The molecule has 3 nitrogen and oxygen atoms in total. The van der Waals surface area contributed by atoms with E-state index in [9.17, 15) is 13.2 Å². The molecule has 0 aromatic carbocycles. The Morgan fingerprint density at radius 3 is 2.72 bits per heavy atom. The third-order valence-corrected chi connectivity index (χ3v) is 3.56. The Labute approximate surface area is 109 Å². The number of halogens is 4. The molecule has 0 bridgehead atoms. The van der Waals surface area contributed by atoms with Gasteiger partial charge in [0.15, 0.2) is 5.69 Å². The second-order valence-corrected chi connectivity index (χ2v) is 4.84. The average molecular weight is 282 g/mol. The largest absolute Gasteiger partial charge is 0.434 e. The van der Waals surface area contributed by atoms with E-state index in [1.54, 1.807) is 7.05 Å². The highest BCUT2D eigenvalue weighted by atomic mass is 35.5. The van der Waals surface area contributed by atoms with Crippen LogP contribution in [0.25, 0.3) is 0 Å². The van der Waals surface area contributed by atoms with Crippen LogP contribution in [-0.2, 0) is 13.2 Å². The number of aromatic nitrogens is 2. The van der Waals surface area contributed by atoms with Gasteiger partial charge in [-0.2, -0.15) is 13.2 Å². The van der Waals surface area contributed by atoms with Gasteiger partial charge in [-0.3, -0.25) is 0 Å². The summed E-state index contributed by atoms with van der Waals surface area (Å²) in [6.07, 6.45) is -0.457. The number of hydrogen-bond acceptors (Lipinski definition) is 2. The lowest BCUT2D eigenvalue weighted by Gasteiger charge is -2.35. The van der Waals surface area contributed by atoms with Gasteiger partial charge in [-0.15, -0.1) is 11.6 Å². The van der Waals surface area contributed by atoms with Gasteiger partial charge in [0.2, 0.25) is 5.95 Å². The zero-order chi connectivity index (χ0) is 13.3. The molecule has 0 radical (unpaired) electrons. The summed E-state index contributed by atoms with van der Waals surface area (Å²) < 4.78 is 39.2. The first-order valence-corrected chi connectivity index (χ1v) is 6.40. The van der Waals surface area contributed by atoms with Crippen molar-refractivity contribution in [2.24, 2.45) is 7.05 Å². The first kappa shape index (κ1) is 13.5. The first-order valence-electron chi connectivity index (χ1n) is 5.86. The van der Waals surface area contributed by atoms with E-state index in [1.807, 2.05) is 4.90 Å². The Kier molecular flexibility index (Phi) is 3.75. The van der Waals surface area contributed by atoms with E-state index in [0.29, 0.717) is 18.4 Å². The van der Waals surface area contributed by atoms with Crippen LogP contribution in [0.15, 0.2) is 6.20 Å². The van der Waals surface area contributed by atoms with Crippen LogP contribution in [0.5, 0.6) is 0 Å². The predicted molar refractivity (Wildman–Crippen MR) is 63.9 cm³/mol. The number of alkyl halides is 4. The van der Waals surface area contributed by atoms with Crippen LogP contribution >= 0.6 is 11.6 Å². The summed E-state index contributed by atoms with van der Waals surface area (Å²) in [6.45, 7) is 0.708. The number of imidazole rings is 1. The van der Waals surface area contributed by atoms with Crippen LogP contribution in [0.2, 0.25) is 0 Å². The number of nitrogens with zero attached hydrogens (tertiary/aromatic N) is 3. The molecule has 1 aliphatic heterocycles. The van der Waals surface area contributed by atoms with E-state index in [1.165, 1.54) is 4.57 Å². The zero-order valence-corrected chi connectivity index (χ0v) is 10.8. The Morgan fingerprint density at radius 1 is 1.44 bits per heavy atom. The number of rotatable bonds is 2. The quantitative estimate of drug-likeness (QED) is 0.777. The van der Waals surface area contributed by atoms with E-state index in [2.05, 4.69) is 4.98 Å². The predicted octanol–water partition coefficient (Wildman–Crippen LogP) is 3.04. The Hall–Kier alpha value is -0.910. The maximum absolute atomic E-state index is 12.6. The molecule has 1 fully saturated rings. The van der Waals surface area contributed by atoms with Crippen LogP contribution in [-0.4, -0.2) is 28.0 Å². The van der Waals surface area contributed by atoms with Crippen molar-refractivity contribution in [2.45, 2.75) is 31.5 Å². The number of hydrogen-bond donors (Lipinski definition) is 0. The Balaban J connectivity index is 2.29. The highest BCUT2D eigenvalue weighted by Gasteiger charge is 2.36. The minimum Gasteiger partial charge on any atom is -0.338 e. The van der Waals surface area contributed by atoms with Crippen molar-refractivity contribution in [1.82, 2.24) is 9.55 Å². The summed E-state index contributed by atoms with van der Waals surface area (Å²) in [5.74, 6) is 0.765. The van der Waals surface area contributed by atoms with E-state index >= 15 is 0 Å². The molecule has 18 heavy (non-hydrogen) atoms. The molecule has 1 aliphatic rings. The Morgan fingerprint density at radius 2 is 2.17 bits per heavy atom. The second kappa shape index (κ2) is 4.99. The second-order valence-electron chi connectivity index (χ2n) is 4.53. The van der Waals surface area contributed by atoms with Crippen LogP contribution < -0.4 is 4.90 Å². The Bertz CT molecular complexity index is 416. The molecular formula is C11H15ClF3N3. The normalized spacial score (nSPS) is 21.4. The van der Waals surface area contributed by atoms with Gasteiger partial charge >= 0.3 is 6.18 Å². The molecule has 0 amide bonds.